The molecule has 2 aliphatic rings. The molecule has 0 saturated carbocycles. The van der Waals surface area contributed by atoms with Crippen LogP contribution >= 0.6 is 0 Å². The Kier molecular flexibility index (Phi) is 3.64. The second-order valence-electron chi connectivity index (χ2n) is 5.14. The molecule has 2 unspecified atom stereocenters. The fourth-order valence-electron chi connectivity index (χ4n) is 2.67. The maximum Gasteiger partial charge on any atom is 0.121 e. The Bertz CT molecular complexity index is 296. The van der Waals surface area contributed by atoms with Crippen LogP contribution in [0.5, 0.6) is 0 Å². The van der Waals surface area contributed by atoms with Gasteiger partial charge in [0.25, 0.3) is 0 Å². The zero-order valence-electron chi connectivity index (χ0n) is 10.6. The predicted molar refractivity (Wildman–Crippen MR) is 68.9 cm³/mol. The summed E-state index contributed by atoms with van der Waals surface area (Å²) in [4.78, 5) is 4.52. The summed E-state index contributed by atoms with van der Waals surface area (Å²) < 4.78 is 0. The highest BCUT2D eigenvalue weighted by atomic mass is 15.1. The molecule has 0 bridgehead atoms. The summed E-state index contributed by atoms with van der Waals surface area (Å²) in [6, 6.07) is 1.80. The highest BCUT2D eigenvalue weighted by molar-refractivity contribution is 5.95. The first kappa shape index (κ1) is 11.6. The number of amidine groups is 1. The second-order valence-corrected chi connectivity index (χ2v) is 5.14. The van der Waals surface area contributed by atoms with Crippen molar-refractivity contribution in [3.05, 3.63) is 11.6 Å². The van der Waals surface area contributed by atoms with E-state index in [1.54, 1.807) is 0 Å². The van der Waals surface area contributed by atoms with Gasteiger partial charge in [0.2, 0.25) is 0 Å². The van der Waals surface area contributed by atoms with Crippen molar-refractivity contribution in [2.75, 3.05) is 6.54 Å². The second kappa shape index (κ2) is 5.00. The molecule has 3 heteroatoms. The summed E-state index contributed by atoms with van der Waals surface area (Å²) in [5.41, 5.74) is 1.44. The third-order valence-corrected chi connectivity index (χ3v) is 3.44. The van der Waals surface area contributed by atoms with Gasteiger partial charge in [0, 0.05) is 18.1 Å². The van der Waals surface area contributed by atoms with Gasteiger partial charge in [-0.2, -0.15) is 0 Å². The lowest BCUT2D eigenvalue weighted by Crippen LogP contribution is -2.50. The molecule has 90 valence electrons. The quantitative estimate of drug-likeness (QED) is 0.746. The fourth-order valence-corrected chi connectivity index (χ4v) is 2.67. The van der Waals surface area contributed by atoms with Gasteiger partial charge >= 0.3 is 0 Å². The van der Waals surface area contributed by atoms with Crippen molar-refractivity contribution in [3.8, 4) is 0 Å². The van der Waals surface area contributed by atoms with Crippen LogP contribution < -0.4 is 10.6 Å². The molecular formula is C13H23N3. The van der Waals surface area contributed by atoms with Gasteiger partial charge in [-0.25, -0.2) is 0 Å². The van der Waals surface area contributed by atoms with Crippen molar-refractivity contribution in [2.45, 2.75) is 58.2 Å². The van der Waals surface area contributed by atoms with Crippen molar-refractivity contribution in [1.29, 1.82) is 0 Å². The lowest BCUT2D eigenvalue weighted by Gasteiger charge is -2.33. The first-order valence-electron chi connectivity index (χ1n) is 6.44. The number of hydrogen-bond donors (Lipinski definition) is 2. The zero-order chi connectivity index (χ0) is 11.5. The van der Waals surface area contributed by atoms with Gasteiger partial charge in [0.1, 0.15) is 5.84 Å². The van der Waals surface area contributed by atoms with Crippen LogP contribution in [-0.2, 0) is 0 Å². The van der Waals surface area contributed by atoms with E-state index in [1.165, 1.54) is 18.4 Å². The van der Waals surface area contributed by atoms with Gasteiger partial charge < -0.3 is 10.6 Å². The fraction of sp³-hybridized carbons (Fsp3) is 0.769. The summed E-state index contributed by atoms with van der Waals surface area (Å²) in [5.74, 6) is 1.10. The third kappa shape index (κ3) is 2.85. The van der Waals surface area contributed by atoms with Crippen LogP contribution in [0.3, 0.4) is 0 Å². The first-order valence-corrected chi connectivity index (χ1v) is 6.44. The van der Waals surface area contributed by atoms with E-state index < -0.39 is 0 Å². The average Bonchev–Trinajstić information content (AvgIpc) is 2.64. The monoisotopic (exact) mass is 221 g/mol. The maximum atomic E-state index is 4.52. The molecule has 0 amide bonds. The van der Waals surface area contributed by atoms with E-state index >= 15 is 0 Å². The largest absolute Gasteiger partial charge is 0.368 e. The maximum absolute atomic E-state index is 4.52. The van der Waals surface area contributed by atoms with Gasteiger partial charge in [-0.05, 0) is 44.8 Å². The molecular weight excluding hydrogens is 198 g/mol. The van der Waals surface area contributed by atoms with Crippen LogP contribution in [0.15, 0.2) is 16.6 Å². The molecule has 16 heavy (non-hydrogen) atoms. The van der Waals surface area contributed by atoms with Crippen molar-refractivity contribution in [3.63, 3.8) is 0 Å². The van der Waals surface area contributed by atoms with Gasteiger partial charge in [-0.3, -0.25) is 4.99 Å². The highest BCUT2D eigenvalue weighted by Crippen LogP contribution is 2.15. The first-order chi connectivity index (χ1) is 7.67. The molecule has 0 aliphatic carbocycles. The molecule has 1 saturated heterocycles. The summed E-state index contributed by atoms with van der Waals surface area (Å²) in [6.45, 7) is 7.61. The van der Waals surface area contributed by atoms with Crippen molar-refractivity contribution in [1.82, 2.24) is 10.6 Å². The Morgan fingerprint density at radius 3 is 2.62 bits per heavy atom. The lowest BCUT2D eigenvalue weighted by atomic mass is 9.95. The van der Waals surface area contributed by atoms with Gasteiger partial charge in [-0.1, -0.05) is 6.92 Å². The summed E-state index contributed by atoms with van der Waals surface area (Å²) in [7, 11) is 0. The Morgan fingerprint density at radius 1 is 1.38 bits per heavy atom. The van der Waals surface area contributed by atoms with Crippen molar-refractivity contribution < 1.29 is 0 Å². The highest BCUT2D eigenvalue weighted by Gasteiger charge is 2.23. The van der Waals surface area contributed by atoms with Crippen LogP contribution in [-0.4, -0.2) is 30.5 Å². The van der Waals surface area contributed by atoms with E-state index in [2.05, 4.69) is 42.5 Å². The van der Waals surface area contributed by atoms with Crippen LogP contribution in [0.4, 0.5) is 0 Å². The number of aliphatic imine (C=N–C) groups is 1. The van der Waals surface area contributed by atoms with Crippen LogP contribution in [0.1, 0.15) is 40.0 Å². The summed E-state index contributed by atoms with van der Waals surface area (Å²) in [5, 5.41) is 7.14. The van der Waals surface area contributed by atoms with Crippen LogP contribution in [0.25, 0.3) is 0 Å². The van der Waals surface area contributed by atoms with Crippen molar-refractivity contribution in [2.24, 2.45) is 4.99 Å². The molecule has 2 N–H and O–H groups in total. The van der Waals surface area contributed by atoms with E-state index in [-0.39, 0.29) is 0 Å². The van der Waals surface area contributed by atoms with Crippen LogP contribution in [0.2, 0.25) is 0 Å². The van der Waals surface area contributed by atoms with Crippen molar-refractivity contribution >= 4 is 5.84 Å². The minimum Gasteiger partial charge on any atom is -0.368 e. The topological polar surface area (TPSA) is 36.4 Å². The van der Waals surface area contributed by atoms with Gasteiger partial charge in [-0.15, -0.1) is 0 Å². The van der Waals surface area contributed by atoms with E-state index in [4.69, 9.17) is 0 Å². The Morgan fingerprint density at radius 2 is 2.06 bits per heavy atom. The molecule has 2 aliphatic heterocycles. The average molecular weight is 221 g/mol. The molecule has 0 aromatic rings. The Balaban J connectivity index is 1.88. The molecule has 2 atom stereocenters. The molecule has 0 spiro atoms. The van der Waals surface area contributed by atoms with E-state index in [9.17, 15) is 0 Å². The predicted octanol–water partition coefficient (Wildman–Crippen LogP) is 1.85. The summed E-state index contributed by atoms with van der Waals surface area (Å²) in [6.07, 6.45) is 5.72. The van der Waals surface area contributed by atoms with E-state index in [0.717, 1.165) is 18.8 Å². The minimum absolute atomic E-state index is 0.581. The minimum atomic E-state index is 0.581. The molecule has 0 aromatic heterocycles. The third-order valence-electron chi connectivity index (χ3n) is 3.44. The number of rotatable bonds is 2. The Labute approximate surface area is 98.4 Å². The van der Waals surface area contributed by atoms with Gasteiger partial charge in [0.05, 0.1) is 6.54 Å². The number of piperidine rings is 1. The molecule has 2 heterocycles. The molecule has 0 aromatic carbocycles. The number of nitrogens with zero attached hydrogens (tertiary/aromatic N) is 1. The van der Waals surface area contributed by atoms with Gasteiger partial charge in [0.15, 0.2) is 0 Å². The molecule has 0 radical (unpaired) electrons. The molecule has 2 rings (SSSR count). The number of hydrogen-bond acceptors (Lipinski definition) is 3. The number of nitrogens with one attached hydrogen (secondary N) is 2. The van der Waals surface area contributed by atoms with E-state index in [0.29, 0.717) is 18.1 Å². The standard InChI is InChI=1S/C13H23N3/c1-4-11-7-13(14-8-11)16-12-5-9(2)15-10(3)6-12/h7,9-10,12,15H,4-6,8H2,1-3H3,(H,14,16). The Hall–Kier alpha value is -0.830. The zero-order valence-corrected chi connectivity index (χ0v) is 10.6. The molecule has 1 fully saturated rings. The lowest BCUT2D eigenvalue weighted by molar-refractivity contribution is 0.302. The normalized spacial score (nSPS) is 34.6. The smallest absolute Gasteiger partial charge is 0.121 e. The summed E-state index contributed by atoms with van der Waals surface area (Å²) >= 11 is 0. The van der Waals surface area contributed by atoms with Crippen LogP contribution in [0, 0.1) is 0 Å². The van der Waals surface area contributed by atoms with E-state index in [1.807, 2.05) is 0 Å². The SMILES string of the molecule is CCC1=CC(NC2CC(C)NC(C)C2)=NC1. The molecule has 3 nitrogen and oxygen atoms in total.